The Bertz CT molecular complexity index is 689. The summed E-state index contributed by atoms with van der Waals surface area (Å²) in [4.78, 5) is 10.8. The van der Waals surface area contributed by atoms with Crippen molar-refractivity contribution in [3.8, 4) is 17.6 Å². The fourth-order valence-electron chi connectivity index (χ4n) is 1.58. The van der Waals surface area contributed by atoms with Crippen molar-refractivity contribution in [3.05, 3.63) is 23.8 Å². The molecule has 0 heterocycles. The Morgan fingerprint density at radius 3 is 2.62 bits per heavy atom. The maximum absolute atomic E-state index is 12.4. The first-order chi connectivity index (χ1) is 9.82. The third kappa shape index (κ3) is 4.19. The third-order valence-electron chi connectivity index (χ3n) is 2.57. The van der Waals surface area contributed by atoms with Crippen molar-refractivity contribution in [2.75, 3.05) is 27.2 Å². The number of carbonyl (C=O) groups excluding carboxylic acids is 1. The summed E-state index contributed by atoms with van der Waals surface area (Å²) >= 11 is 0. The number of primary amides is 1. The van der Waals surface area contributed by atoms with Crippen LogP contribution in [0.3, 0.4) is 0 Å². The Balaban J connectivity index is 3.34. The predicted molar refractivity (Wildman–Crippen MR) is 77.9 cm³/mol. The Morgan fingerprint density at radius 1 is 1.43 bits per heavy atom. The summed E-state index contributed by atoms with van der Waals surface area (Å²) in [5.74, 6) is 4.79. The minimum Gasteiger partial charge on any atom is -0.495 e. The Hall–Kier alpha value is -2.08. The van der Waals surface area contributed by atoms with E-state index in [1.54, 1.807) is 6.07 Å². The number of sulfonamides is 1. The molecule has 0 atom stereocenters. The van der Waals surface area contributed by atoms with E-state index in [1.165, 1.54) is 26.3 Å². The molecule has 21 heavy (non-hydrogen) atoms. The highest BCUT2D eigenvalue weighted by Gasteiger charge is 2.26. The molecule has 1 aromatic carbocycles. The molecular formula is C13H17N3O4S. The first kappa shape index (κ1) is 17.0. The quantitative estimate of drug-likeness (QED) is 0.684. The summed E-state index contributed by atoms with van der Waals surface area (Å²) < 4.78 is 30.8. The van der Waals surface area contributed by atoms with Gasteiger partial charge >= 0.3 is 0 Å². The zero-order chi connectivity index (χ0) is 16.0. The molecule has 7 nitrogen and oxygen atoms in total. The molecule has 1 rings (SSSR count). The van der Waals surface area contributed by atoms with Gasteiger partial charge in [-0.1, -0.05) is 11.8 Å². The van der Waals surface area contributed by atoms with E-state index in [1.807, 2.05) is 0 Å². The van der Waals surface area contributed by atoms with Crippen LogP contribution in [-0.2, 0) is 14.8 Å². The molecule has 0 aliphatic rings. The normalized spacial score (nSPS) is 10.9. The zero-order valence-corrected chi connectivity index (χ0v) is 12.6. The van der Waals surface area contributed by atoms with E-state index in [-0.39, 0.29) is 17.2 Å². The lowest BCUT2D eigenvalue weighted by molar-refractivity contribution is -0.118. The second-order valence-electron chi connectivity index (χ2n) is 4.10. The van der Waals surface area contributed by atoms with Crippen molar-refractivity contribution in [2.24, 2.45) is 11.5 Å². The zero-order valence-electron chi connectivity index (χ0n) is 11.8. The maximum atomic E-state index is 12.4. The number of hydrogen-bond donors (Lipinski definition) is 2. The van der Waals surface area contributed by atoms with Crippen molar-refractivity contribution in [3.63, 3.8) is 0 Å². The van der Waals surface area contributed by atoms with Gasteiger partial charge in [0.1, 0.15) is 10.6 Å². The number of nitrogens with two attached hydrogens (primary N) is 2. The Kier molecular flexibility index (Phi) is 5.72. The lowest BCUT2D eigenvalue weighted by Crippen LogP contribution is -2.35. The number of carbonyl (C=O) groups is 1. The SMILES string of the molecule is COc1ccc(C#CCN)cc1S(=O)(=O)N(C)CC(N)=O. The van der Waals surface area contributed by atoms with Crippen LogP contribution in [0.1, 0.15) is 5.56 Å². The van der Waals surface area contributed by atoms with Gasteiger partial charge in [-0.15, -0.1) is 0 Å². The van der Waals surface area contributed by atoms with Crippen LogP contribution in [-0.4, -0.2) is 45.9 Å². The molecule has 0 spiro atoms. The molecule has 0 unspecified atom stereocenters. The Morgan fingerprint density at radius 2 is 2.10 bits per heavy atom. The standard InChI is InChI=1S/C13H17N3O4S/c1-16(9-13(15)17)21(18,19)12-8-10(4-3-7-14)5-6-11(12)20-2/h5-6,8H,7,9,14H2,1-2H3,(H2,15,17). The van der Waals surface area contributed by atoms with Crippen LogP contribution in [0.5, 0.6) is 5.75 Å². The molecule has 0 saturated heterocycles. The molecule has 4 N–H and O–H groups in total. The fourth-order valence-corrected chi connectivity index (χ4v) is 2.90. The van der Waals surface area contributed by atoms with Crippen LogP contribution in [0.2, 0.25) is 0 Å². The topological polar surface area (TPSA) is 116 Å². The Labute approximate surface area is 123 Å². The van der Waals surface area contributed by atoms with Crippen molar-refractivity contribution in [2.45, 2.75) is 4.90 Å². The van der Waals surface area contributed by atoms with Gasteiger partial charge in [0, 0.05) is 12.6 Å². The molecule has 0 fully saturated rings. The van der Waals surface area contributed by atoms with E-state index < -0.39 is 22.5 Å². The number of nitrogens with zero attached hydrogens (tertiary/aromatic N) is 1. The van der Waals surface area contributed by atoms with Crippen molar-refractivity contribution in [1.29, 1.82) is 0 Å². The van der Waals surface area contributed by atoms with Crippen molar-refractivity contribution >= 4 is 15.9 Å². The first-order valence-corrected chi connectivity index (χ1v) is 7.38. The van der Waals surface area contributed by atoms with Crippen LogP contribution in [0.4, 0.5) is 0 Å². The summed E-state index contributed by atoms with van der Waals surface area (Å²) in [5.41, 5.74) is 10.8. The predicted octanol–water partition coefficient (Wildman–Crippen LogP) is -0.889. The summed E-state index contributed by atoms with van der Waals surface area (Å²) in [5, 5.41) is 0. The van der Waals surface area contributed by atoms with Crippen molar-refractivity contribution < 1.29 is 17.9 Å². The van der Waals surface area contributed by atoms with Gasteiger partial charge in [0.15, 0.2) is 0 Å². The average molecular weight is 311 g/mol. The van der Waals surface area contributed by atoms with Crippen LogP contribution in [0, 0.1) is 11.8 Å². The molecule has 0 bridgehead atoms. The molecule has 0 radical (unpaired) electrons. The highest BCUT2D eigenvalue weighted by Crippen LogP contribution is 2.27. The monoisotopic (exact) mass is 311 g/mol. The van der Waals surface area contributed by atoms with E-state index >= 15 is 0 Å². The van der Waals surface area contributed by atoms with Gasteiger partial charge in [-0.2, -0.15) is 4.31 Å². The second-order valence-corrected chi connectivity index (χ2v) is 6.11. The van der Waals surface area contributed by atoms with Gasteiger partial charge in [-0.3, -0.25) is 4.79 Å². The number of hydrogen-bond acceptors (Lipinski definition) is 5. The van der Waals surface area contributed by atoms with E-state index in [4.69, 9.17) is 16.2 Å². The molecule has 1 aromatic rings. The average Bonchev–Trinajstić information content (AvgIpc) is 2.44. The van der Waals surface area contributed by atoms with Gasteiger partial charge in [0.05, 0.1) is 20.2 Å². The number of methoxy groups -OCH3 is 1. The van der Waals surface area contributed by atoms with Gasteiger partial charge in [0.2, 0.25) is 15.9 Å². The molecule has 8 heteroatoms. The summed E-state index contributed by atoms with van der Waals surface area (Å²) in [6, 6.07) is 4.48. The van der Waals surface area contributed by atoms with Gasteiger partial charge in [0.25, 0.3) is 0 Å². The van der Waals surface area contributed by atoms with Gasteiger partial charge < -0.3 is 16.2 Å². The van der Waals surface area contributed by atoms with Crippen LogP contribution >= 0.6 is 0 Å². The molecule has 0 aliphatic carbocycles. The maximum Gasteiger partial charge on any atom is 0.247 e. The minimum absolute atomic E-state index is 0.0856. The molecular weight excluding hydrogens is 294 g/mol. The molecule has 0 saturated carbocycles. The lowest BCUT2D eigenvalue weighted by atomic mass is 10.2. The summed E-state index contributed by atoms with van der Waals surface area (Å²) in [7, 11) is -1.30. The molecule has 0 aromatic heterocycles. The largest absolute Gasteiger partial charge is 0.495 e. The van der Waals surface area contributed by atoms with Gasteiger partial charge in [-0.25, -0.2) is 8.42 Å². The smallest absolute Gasteiger partial charge is 0.247 e. The second kappa shape index (κ2) is 7.08. The first-order valence-electron chi connectivity index (χ1n) is 5.94. The van der Waals surface area contributed by atoms with E-state index in [2.05, 4.69) is 11.8 Å². The van der Waals surface area contributed by atoms with Gasteiger partial charge in [-0.05, 0) is 18.2 Å². The number of likely N-dealkylation sites (N-methyl/N-ethyl adjacent to an activating group) is 1. The fraction of sp³-hybridized carbons (Fsp3) is 0.308. The number of benzene rings is 1. The minimum atomic E-state index is -3.92. The number of ether oxygens (including phenoxy) is 1. The van der Waals surface area contributed by atoms with E-state index in [9.17, 15) is 13.2 Å². The number of rotatable bonds is 5. The third-order valence-corrected chi connectivity index (χ3v) is 4.39. The van der Waals surface area contributed by atoms with E-state index in [0.717, 1.165) is 4.31 Å². The summed E-state index contributed by atoms with van der Waals surface area (Å²) in [6.45, 7) is -0.264. The van der Waals surface area contributed by atoms with E-state index in [0.29, 0.717) is 5.56 Å². The molecule has 114 valence electrons. The highest BCUT2D eigenvalue weighted by atomic mass is 32.2. The molecule has 1 amide bonds. The van der Waals surface area contributed by atoms with Crippen LogP contribution in [0.15, 0.2) is 23.1 Å². The van der Waals surface area contributed by atoms with Crippen molar-refractivity contribution in [1.82, 2.24) is 4.31 Å². The number of amides is 1. The van der Waals surface area contributed by atoms with Crippen LogP contribution in [0.25, 0.3) is 0 Å². The van der Waals surface area contributed by atoms with Crippen LogP contribution < -0.4 is 16.2 Å². The molecule has 0 aliphatic heterocycles. The lowest BCUT2D eigenvalue weighted by Gasteiger charge is -2.17. The summed E-state index contributed by atoms with van der Waals surface area (Å²) in [6.07, 6.45) is 0. The highest BCUT2D eigenvalue weighted by molar-refractivity contribution is 7.89.